The summed E-state index contributed by atoms with van der Waals surface area (Å²) >= 11 is 1.57. The normalized spacial score (nSPS) is 11.1. The summed E-state index contributed by atoms with van der Waals surface area (Å²) in [4.78, 5) is 12.9. The van der Waals surface area contributed by atoms with Crippen LogP contribution in [-0.2, 0) is 27.8 Å². The van der Waals surface area contributed by atoms with Gasteiger partial charge in [-0.15, -0.1) is 11.3 Å². The first-order chi connectivity index (χ1) is 12.9. The summed E-state index contributed by atoms with van der Waals surface area (Å²) in [5, 5.41) is 4.79. The average Bonchev–Trinajstić information content (AvgIpc) is 3.15. The molecule has 1 aromatic heterocycles. The maximum atomic E-state index is 13.2. The Morgan fingerprint density at radius 2 is 1.81 bits per heavy atom. The van der Waals surface area contributed by atoms with Crippen LogP contribution < -0.4 is 10.0 Å². The minimum Gasteiger partial charge on any atom is -0.351 e. The smallest absolute Gasteiger partial charge is 0.261 e. The highest BCUT2D eigenvalue weighted by atomic mass is 32.2. The molecule has 0 bridgehead atoms. The molecule has 0 radical (unpaired) electrons. The van der Waals surface area contributed by atoms with E-state index < -0.39 is 15.8 Å². The molecule has 140 valence electrons. The Morgan fingerprint density at radius 1 is 1.04 bits per heavy atom. The van der Waals surface area contributed by atoms with E-state index in [2.05, 4.69) is 10.0 Å². The van der Waals surface area contributed by atoms with Crippen LogP contribution in [0.4, 0.5) is 10.1 Å². The number of carbonyl (C=O) groups excluding carboxylic acids is 1. The van der Waals surface area contributed by atoms with Gasteiger partial charge < -0.3 is 5.32 Å². The van der Waals surface area contributed by atoms with E-state index in [1.54, 1.807) is 35.6 Å². The van der Waals surface area contributed by atoms with Gasteiger partial charge in [0.05, 0.1) is 17.9 Å². The summed E-state index contributed by atoms with van der Waals surface area (Å²) in [7, 11) is -3.87. The molecule has 0 saturated carbocycles. The van der Waals surface area contributed by atoms with Crippen LogP contribution >= 0.6 is 11.3 Å². The van der Waals surface area contributed by atoms with Crippen molar-refractivity contribution >= 4 is 33.0 Å². The number of thiophene rings is 1. The SMILES string of the molecule is O=C(Cc1ccc(NS(=O)(=O)c2cccc(F)c2)cc1)NCc1cccs1. The monoisotopic (exact) mass is 404 g/mol. The number of sulfonamides is 1. The number of amides is 1. The predicted molar refractivity (Wildman–Crippen MR) is 104 cm³/mol. The van der Waals surface area contributed by atoms with Crippen molar-refractivity contribution in [3.05, 3.63) is 82.3 Å². The molecule has 3 rings (SSSR count). The molecular formula is C19H17FN2O3S2. The number of rotatable bonds is 7. The summed E-state index contributed by atoms with van der Waals surface area (Å²) in [6.45, 7) is 0.488. The Morgan fingerprint density at radius 3 is 2.48 bits per heavy atom. The highest BCUT2D eigenvalue weighted by molar-refractivity contribution is 7.92. The van der Waals surface area contributed by atoms with Crippen molar-refractivity contribution in [1.29, 1.82) is 0 Å². The van der Waals surface area contributed by atoms with Gasteiger partial charge in [-0.05, 0) is 47.3 Å². The second kappa shape index (κ2) is 8.32. The molecule has 27 heavy (non-hydrogen) atoms. The van der Waals surface area contributed by atoms with Gasteiger partial charge in [-0.25, -0.2) is 12.8 Å². The van der Waals surface area contributed by atoms with Gasteiger partial charge in [0.15, 0.2) is 0 Å². The molecule has 0 aliphatic carbocycles. The van der Waals surface area contributed by atoms with Crippen LogP contribution in [-0.4, -0.2) is 14.3 Å². The second-order valence-corrected chi connectivity index (χ2v) is 8.51. The van der Waals surface area contributed by atoms with Crippen LogP contribution in [0.5, 0.6) is 0 Å². The first-order valence-electron chi connectivity index (χ1n) is 8.09. The number of benzene rings is 2. The van der Waals surface area contributed by atoms with E-state index in [0.29, 0.717) is 12.2 Å². The van der Waals surface area contributed by atoms with E-state index >= 15 is 0 Å². The van der Waals surface area contributed by atoms with Crippen molar-refractivity contribution in [3.63, 3.8) is 0 Å². The summed E-state index contributed by atoms with van der Waals surface area (Å²) in [6.07, 6.45) is 0.197. The number of nitrogens with one attached hydrogen (secondary N) is 2. The summed E-state index contributed by atoms with van der Waals surface area (Å²) in [6, 6.07) is 15.1. The van der Waals surface area contributed by atoms with E-state index in [-0.39, 0.29) is 17.2 Å². The third-order valence-corrected chi connectivity index (χ3v) is 5.97. The van der Waals surface area contributed by atoms with Gasteiger partial charge in [0.2, 0.25) is 5.91 Å². The van der Waals surface area contributed by atoms with E-state index in [9.17, 15) is 17.6 Å². The highest BCUT2D eigenvalue weighted by Crippen LogP contribution is 2.17. The van der Waals surface area contributed by atoms with E-state index in [4.69, 9.17) is 0 Å². The van der Waals surface area contributed by atoms with Gasteiger partial charge in [0, 0.05) is 10.6 Å². The third-order valence-electron chi connectivity index (χ3n) is 3.72. The Hall–Kier alpha value is -2.71. The van der Waals surface area contributed by atoms with Crippen LogP contribution in [0.15, 0.2) is 70.9 Å². The standard InChI is InChI=1S/C19H17FN2O3S2/c20-15-3-1-5-18(12-15)27(24,25)22-16-8-6-14(7-9-16)11-19(23)21-13-17-4-2-10-26-17/h1-10,12,22H,11,13H2,(H,21,23). The fourth-order valence-electron chi connectivity index (χ4n) is 2.39. The largest absolute Gasteiger partial charge is 0.351 e. The predicted octanol–water partition coefficient (Wildman–Crippen LogP) is 3.55. The lowest BCUT2D eigenvalue weighted by Gasteiger charge is -2.09. The Balaban J connectivity index is 1.59. The highest BCUT2D eigenvalue weighted by Gasteiger charge is 2.15. The van der Waals surface area contributed by atoms with Crippen molar-refractivity contribution in [2.45, 2.75) is 17.9 Å². The molecule has 0 saturated heterocycles. The molecule has 0 aliphatic rings. The number of hydrogen-bond donors (Lipinski definition) is 2. The Labute approximate surface area is 160 Å². The van der Waals surface area contributed by atoms with E-state index in [1.165, 1.54) is 18.2 Å². The Bertz CT molecular complexity index is 1020. The topological polar surface area (TPSA) is 75.3 Å². The zero-order valence-corrected chi connectivity index (χ0v) is 15.8. The minimum absolute atomic E-state index is 0.114. The van der Waals surface area contributed by atoms with Crippen LogP contribution in [0, 0.1) is 5.82 Å². The second-order valence-electron chi connectivity index (χ2n) is 5.79. The van der Waals surface area contributed by atoms with Crippen molar-refractivity contribution in [2.75, 3.05) is 4.72 Å². The molecule has 5 nitrogen and oxygen atoms in total. The van der Waals surface area contributed by atoms with Gasteiger partial charge in [-0.1, -0.05) is 24.3 Å². The first-order valence-corrected chi connectivity index (χ1v) is 10.4. The molecule has 0 fully saturated rings. The summed E-state index contributed by atoms with van der Waals surface area (Å²) in [5.41, 5.74) is 1.09. The number of hydrogen-bond acceptors (Lipinski definition) is 4. The van der Waals surface area contributed by atoms with Gasteiger partial charge >= 0.3 is 0 Å². The van der Waals surface area contributed by atoms with Crippen molar-refractivity contribution < 1.29 is 17.6 Å². The lowest BCUT2D eigenvalue weighted by Crippen LogP contribution is -2.24. The molecule has 0 aliphatic heterocycles. The maximum absolute atomic E-state index is 13.2. The molecule has 0 unspecified atom stereocenters. The first kappa shape index (κ1) is 19.1. The van der Waals surface area contributed by atoms with Gasteiger partial charge in [-0.3, -0.25) is 9.52 Å². The average molecular weight is 404 g/mol. The number of carbonyl (C=O) groups is 1. The lowest BCUT2D eigenvalue weighted by atomic mass is 10.1. The van der Waals surface area contributed by atoms with Crippen molar-refractivity contribution in [3.8, 4) is 0 Å². The van der Waals surface area contributed by atoms with Crippen LogP contribution in [0.25, 0.3) is 0 Å². The fraction of sp³-hybridized carbons (Fsp3) is 0.105. The van der Waals surface area contributed by atoms with E-state index in [0.717, 1.165) is 16.5 Å². The van der Waals surface area contributed by atoms with Crippen LogP contribution in [0.3, 0.4) is 0 Å². The van der Waals surface area contributed by atoms with E-state index in [1.807, 2.05) is 17.5 Å². The molecule has 3 aromatic rings. The summed E-state index contributed by atoms with van der Waals surface area (Å²) < 4.78 is 40.2. The molecule has 2 aromatic carbocycles. The molecule has 0 atom stereocenters. The molecule has 8 heteroatoms. The zero-order chi connectivity index (χ0) is 19.3. The third kappa shape index (κ3) is 5.38. The summed E-state index contributed by atoms with van der Waals surface area (Å²) in [5.74, 6) is -0.738. The van der Waals surface area contributed by atoms with Gasteiger partial charge in [-0.2, -0.15) is 0 Å². The van der Waals surface area contributed by atoms with Crippen molar-refractivity contribution in [1.82, 2.24) is 5.32 Å². The molecule has 2 N–H and O–H groups in total. The van der Waals surface area contributed by atoms with Gasteiger partial charge in [0.1, 0.15) is 5.82 Å². The van der Waals surface area contributed by atoms with Crippen LogP contribution in [0.1, 0.15) is 10.4 Å². The molecule has 0 spiro atoms. The van der Waals surface area contributed by atoms with Crippen LogP contribution in [0.2, 0.25) is 0 Å². The quantitative estimate of drug-likeness (QED) is 0.632. The minimum atomic E-state index is -3.87. The fourth-order valence-corrected chi connectivity index (χ4v) is 4.12. The van der Waals surface area contributed by atoms with Gasteiger partial charge in [0.25, 0.3) is 10.0 Å². The maximum Gasteiger partial charge on any atom is 0.261 e. The number of halogens is 1. The van der Waals surface area contributed by atoms with Crippen molar-refractivity contribution in [2.24, 2.45) is 0 Å². The Kier molecular flexibility index (Phi) is 5.88. The number of anilines is 1. The molecular weight excluding hydrogens is 387 g/mol. The molecule has 1 amide bonds. The molecule has 1 heterocycles. The lowest BCUT2D eigenvalue weighted by molar-refractivity contribution is -0.120. The zero-order valence-electron chi connectivity index (χ0n) is 14.2.